The molecular weight excluding hydrogens is 1440 g/mol. The van der Waals surface area contributed by atoms with Crippen LogP contribution in [0.1, 0.15) is 89.1 Å². The van der Waals surface area contributed by atoms with Gasteiger partial charge in [-0.2, -0.15) is 0 Å². The second kappa shape index (κ2) is 21.7. The summed E-state index contributed by atoms with van der Waals surface area (Å²) in [6.07, 6.45) is 3.02. The van der Waals surface area contributed by atoms with Gasteiger partial charge in [0.2, 0.25) is 0 Å². The topological polar surface area (TPSA) is 149 Å². The van der Waals surface area contributed by atoms with Crippen LogP contribution in [-0.2, 0) is 15.0 Å². The van der Waals surface area contributed by atoms with Gasteiger partial charge in [0, 0.05) is 41.8 Å². The van der Waals surface area contributed by atoms with E-state index in [0.29, 0.717) is 36.3 Å². The number of fused-ring (bicyclic) bond motifs is 4. The molecule has 5 amide bonds. The van der Waals surface area contributed by atoms with Gasteiger partial charge in [-0.1, -0.05) is 84.9 Å². The Hall–Kier alpha value is -11.3. The zero-order chi connectivity index (χ0) is 69.9. The van der Waals surface area contributed by atoms with E-state index in [1.165, 1.54) is 191 Å². The third-order valence-corrected chi connectivity index (χ3v) is 29.6. The molecule has 20 aromatic rings. The summed E-state index contributed by atoms with van der Waals surface area (Å²) in [5.74, 6) is -1.03. The van der Waals surface area contributed by atoms with Crippen LogP contribution in [-0.4, -0.2) is 117 Å². The number of carbonyl (C=O) groups excluding carboxylic acids is 5. The molecule has 4 atom stereocenters. The van der Waals surface area contributed by atoms with Gasteiger partial charge >= 0.3 is 284 Å². The van der Waals surface area contributed by atoms with Crippen LogP contribution in [0.5, 0.6) is 0 Å². The predicted molar refractivity (Wildman–Crippen MR) is 431 cm³/mol. The second-order valence-corrected chi connectivity index (χ2v) is 35.0. The van der Waals surface area contributed by atoms with Gasteiger partial charge in [-0.25, -0.2) is 0 Å². The van der Waals surface area contributed by atoms with E-state index in [0.717, 1.165) is 0 Å². The van der Waals surface area contributed by atoms with Crippen molar-refractivity contribution in [1.29, 1.82) is 0 Å². The Morgan fingerprint density at radius 1 is 0.330 bits per heavy atom. The van der Waals surface area contributed by atoms with Crippen molar-refractivity contribution in [3.8, 4) is 0 Å². The Balaban J connectivity index is 0.521. The molecule has 25 rings (SSSR count). The summed E-state index contributed by atoms with van der Waals surface area (Å²) < 4.78 is 4.87. The monoisotopic (exact) mass is 1500 g/mol. The Kier molecular flexibility index (Phi) is 12.3. The number of rotatable bonds is 22. The molecular formula is C93H62N6O5Se2. The van der Waals surface area contributed by atoms with Crippen LogP contribution in [0.4, 0.5) is 0 Å². The molecule has 13 heteroatoms. The van der Waals surface area contributed by atoms with Crippen LogP contribution >= 0.6 is 0 Å². The first kappa shape index (κ1) is 60.0. The second-order valence-electron chi connectivity index (χ2n) is 30.2. The van der Waals surface area contributed by atoms with E-state index in [-0.39, 0.29) is 123 Å². The zero-order valence-electron chi connectivity index (χ0n) is 57.2. The molecule has 0 saturated heterocycles. The van der Waals surface area contributed by atoms with Crippen molar-refractivity contribution in [2.45, 2.75) is 30.1 Å². The van der Waals surface area contributed by atoms with Crippen LogP contribution in [0.25, 0.3) is 146 Å². The summed E-state index contributed by atoms with van der Waals surface area (Å²) in [7, 11) is 0. The molecule has 0 heterocycles. The Labute approximate surface area is 618 Å². The number of carbonyl (C=O) groups is 5. The van der Waals surface area contributed by atoms with Crippen LogP contribution < -0.4 is 49.7 Å². The number of amides is 5. The number of hydrogen-bond donors (Lipinski definition) is 5. The first-order valence-electron chi connectivity index (χ1n) is 37.1. The van der Waals surface area contributed by atoms with Crippen molar-refractivity contribution in [1.82, 2.24) is 31.5 Å². The van der Waals surface area contributed by atoms with Crippen LogP contribution in [0.15, 0.2) is 200 Å². The normalized spacial score (nSPS) is 17.2. The van der Waals surface area contributed by atoms with Crippen molar-refractivity contribution in [3.63, 3.8) is 0 Å². The molecule has 506 valence electrons. The van der Waals surface area contributed by atoms with E-state index in [9.17, 15) is 24.0 Å². The maximum atomic E-state index is 15.0. The van der Waals surface area contributed by atoms with Gasteiger partial charge in [-0.05, 0) is 191 Å². The van der Waals surface area contributed by atoms with Crippen molar-refractivity contribution < 1.29 is 24.0 Å². The molecule has 0 aromatic heterocycles. The SMILES string of the molecule is O=C(CCN(CCNC(=O)c1ccc2c(c1)C1c3ccccc3C2C23c4ccc5c6ccc7c8ccc9c%10ccc%11c(c%12c2c2c4c5c4c6c7c5c8c9c6c%10c%11c%12c7c2c4c5c67)=CC13)CCC(=O)NCCNC(=O)c1ccc([Se]c2ccccc2)cc1)NCCNC(=O)c1ccc([Se]c2ccccc2)cc1. The molecule has 20 aromatic carbocycles. The fourth-order valence-corrected chi connectivity index (χ4v) is 25.1. The zero-order valence-corrected chi connectivity index (χ0v) is 60.7. The summed E-state index contributed by atoms with van der Waals surface area (Å²) in [5.41, 5.74) is 9.54. The van der Waals surface area contributed by atoms with Crippen molar-refractivity contribution in [3.05, 3.63) is 255 Å². The summed E-state index contributed by atoms with van der Waals surface area (Å²) in [5, 5.41) is 54.2. The number of nitrogens with zero attached hydrogens (tertiary/aromatic N) is 1. The first-order chi connectivity index (χ1) is 52.2. The van der Waals surface area contributed by atoms with Gasteiger partial charge in [0.15, 0.2) is 0 Å². The molecule has 106 heavy (non-hydrogen) atoms. The molecule has 0 fully saturated rings. The standard InChI is InChI=1S/C93H62N6O5Se2/c100-66(94-35-37-96-90(102)45-15-20-50(21-16-45)105-48-9-3-1-4-10-48)33-40-99(41-34-67(101)95-36-38-97-91(103)46-17-22-51(23-18-46)106-49-11-5-2-6-12-49)42-39-98-92(104)47-19-24-61-62(43-47)68-52-13-7-8-14-60(52)88(61)93-64-32-31-58-57-28-27-54-53-25-26-55-56-29-30-59-63(44-65(68)93)76-81-74(59)73(56)79-70(55)69(53)78-71(54)72(57)80-75(58)77(64)87(89(76)93)86-84(80)82(78)83(79)85(81)86/h1-32,43-44,65,68,88H,33-42H2,(H,94,100)(H,95,101)(H,96,102)(H,97,103)(H,98,104). The average Bonchev–Trinajstić information content (AvgIpc) is 1.42. The maximum absolute atomic E-state index is 15.0. The summed E-state index contributed by atoms with van der Waals surface area (Å²) in [4.78, 5) is 70.5. The molecule has 1 spiro atoms. The minimum absolute atomic E-state index is 0.0338. The molecule has 2 bridgehead atoms. The van der Waals surface area contributed by atoms with Gasteiger partial charge in [0.25, 0.3) is 5.91 Å². The number of nitrogens with one attached hydrogen (secondary N) is 5. The molecule has 5 aliphatic rings. The number of benzene rings is 15. The average molecular weight is 1500 g/mol. The van der Waals surface area contributed by atoms with Gasteiger partial charge in [-0.3, -0.25) is 4.79 Å². The Bertz CT molecular complexity index is 7010. The first-order valence-corrected chi connectivity index (χ1v) is 40.5. The molecule has 5 aliphatic carbocycles. The molecule has 0 radical (unpaired) electrons. The predicted octanol–water partition coefficient (Wildman–Crippen LogP) is 12.3. The summed E-state index contributed by atoms with van der Waals surface area (Å²) in [6.45, 7) is 2.31. The third kappa shape index (κ3) is 7.68. The molecule has 4 unspecified atom stereocenters. The van der Waals surface area contributed by atoms with E-state index >= 15 is 0 Å². The van der Waals surface area contributed by atoms with Crippen molar-refractivity contribution >= 4 is 223 Å². The Morgan fingerprint density at radius 2 is 0.726 bits per heavy atom. The fourth-order valence-electron chi connectivity index (χ4n) is 21.6. The fraction of sp³-hybridized carbons (Fsp3) is 0.151. The van der Waals surface area contributed by atoms with Crippen molar-refractivity contribution in [2.75, 3.05) is 52.4 Å². The number of hydrogen-bond acceptors (Lipinski definition) is 6. The van der Waals surface area contributed by atoms with E-state index < -0.39 is 5.41 Å². The summed E-state index contributed by atoms with van der Waals surface area (Å²) in [6, 6.07) is 71.6. The molecule has 5 N–H and O–H groups in total. The van der Waals surface area contributed by atoms with Gasteiger partial charge in [0.1, 0.15) is 0 Å². The van der Waals surface area contributed by atoms with E-state index in [1.54, 1.807) is 5.56 Å². The van der Waals surface area contributed by atoms with Gasteiger partial charge in [0.05, 0.1) is 0 Å². The van der Waals surface area contributed by atoms with Crippen LogP contribution in [0, 0.1) is 5.92 Å². The molecule has 11 nitrogen and oxygen atoms in total. The minimum atomic E-state index is -0.433. The molecule has 0 aliphatic heterocycles. The quantitative estimate of drug-likeness (QED) is 0.0259. The van der Waals surface area contributed by atoms with Gasteiger partial charge in [-0.15, -0.1) is 0 Å². The van der Waals surface area contributed by atoms with Crippen LogP contribution in [0.2, 0.25) is 0 Å². The van der Waals surface area contributed by atoms with Crippen molar-refractivity contribution in [2.24, 2.45) is 5.92 Å². The van der Waals surface area contributed by atoms with Crippen LogP contribution in [0.3, 0.4) is 0 Å². The van der Waals surface area contributed by atoms with Gasteiger partial charge < -0.3 is 10.2 Å². The summed E-state index contributed by atoms with van der Waals surface area (Å²) >= 11 is 0.269. The van der Waals surface area contributed by atoms with E-state index in [2.05, 4.69) is 148 Å². The molecule has 0 saturated carbocycles. The van der Waals surface area contributed by atoms with E-state index in [1.807, 2.05) is 89.8 Å². The van der Waals surface area contributed by atoms with E-state index in [4.69, 9.17) is 0 Å². The Morgan fingerprint density at radius 3 is 1.26 bits per heavy atom. The third-order valence-electron chi connectivity index (χ3n) is 25.4.